The van der Waals surface area contributed by atoms with Crippen LogP contribution in [0.15, 0.2) is 24.3 Å². The lowest BCUT2D eigenvalue weighted by Gasteiger charge is -2.37. The third-order valence-corrected chi connectivity index (χ3v) is 4.61. The van der Waals surface area contributed by atoms with E-state index in [2.05, 4.69) is 0 Å². The van der Waals surface area contributed by atoms with Crippen LogP contribution in [-0.2, 0) is 14.3 Å². The molecule has 2 fully saturated rings. The highest BCUT2D eigenvalue weighted by atomic mass is 19.1. The van der Waals surface area contributed by atoms with Crippen LogP contribution >= 0.6 is 0 Å². The molecule has 2 aliphatic heterocycles. The van der Waals surface area contributed by atoms with E-state index in [1.54, 1.807) is 4.90 Å². The number of carbonyl (C=O) groups is 3. The van der Waals surface area contributed by atoms with Crippen molar-refractivity contribution in [3.05, 3.63) is 30.1 Å². The summed E-state index contributed by atoms with van der Waals surface area (Å²) < 4.78 is 18.5. The van der Waals surface area contributed by atoms with Gasteiger partial charge in [0.15, 0.2) is 0 Å². The molecule has 146 valence electrons. The van der Waals surface area contributed by atoms with E-state index in [-0.39, 0.29) is 24.3 Å². The number of anilines is 1. The van der Waals surface area contributed by atoms with Gasteiger partial charge in [-0.3, -0.25) is 14.5 Å². The highest BCUT2D eigenvalue weighted by Crippen LogP contribution is 2.26. The minimum atomic E-state index is -0.558. The van der Waals surface area contributed by atoms with Crippen molar-refractivity contribution in [3.8, 4) is 0 Å². The lowest BCUT2D eigenvalue weighted by Crippen LogP contribution is -2.54. The molecule has 7 nitrogen and oxygen atoms in total. The van der Waals surface area contributed by atoms with Gasteiger partial charge < -0.3 is 9.64 Å². The normalized spacial score (nSPS) is 21.7. The Morgan fingerprint density at radius 2 is 1.67 bits per heavy atom. The molecule has 0 saturated carbocycles. The molecule has 1 unspecified atom stereocenters. The second-order valence-corrected chi connectivity index (χ2v) is 7.77. The topological polar surface area (TPSA) is 70.2 Å². The Balaban J connectivity index is 1.62. The molecule has 0 N–H and O–H groups in total. The maximum Gasteiger partial charge on any atom is 0.410 e. The van der Waals surface area contributed by atoms with E-state index in [0.29, 0.717) is 31.9 Å². The van der Waals surface area contributed by atoms with E-state index in [0.717, 1.165) is 4.90 Å². The standard InChI is InChI=1S/C19H24FN3O4/c1-19(2,3)27-18(26)22-10-8-21(9-11-22)15-12-16(24)23(17(15)25)14-6-4-13(20)5-7-14/h4-7,15H,8-12H2,1-3H3. The third kappa shape index (κ3) is 4.27. The maximum absolute atomic E-state index is 13.1. The predicted octanol–water partition coefficient (Wildman–Crippen LogP) is 2.01. The summed E-state index contributed by atoms with van der Waals surface area (Å²) in [5.41, 5.74) is -0.182. The van der Waals surface area contributed by atoms with Crippen molar-refractivity contribution < 1.29 is 23.5 Å². The van der Waals surface area contributed by atoms with Crippen LogP contribution in [0.4, 0.5) is 14.9 Å². The van der Waals surface area contributed by atoms with Crippen molar-refractivity contribution in [2.24, 2.45) is 0 Å². The molecule has 8 heteroatoms. The van der Waals surface area contributed by atoms with Gasteiger partial charge in [-0.1, -0.05) is 0 Å². The number of rotatable bonds is 2. The Bertz CT molecular complexity index is 736. The molecule has 0 bridgehead atoms. The van der Waals surface area contributed by atoms with E-state index in [4.69, 9.17) is 4.74 Å². The molecule has 3 rings (SSSR count). The van der Waals surface area contributed by atoms with Crippen molar-refractivity contribution in [3.63, 3.8) is 0 Å². The highest BCUT2D eigenvalue weighted by molar-refractivity contribution is 6.22. The van der Waals surface area contributed by atoms with Crippen LogP contribution in [0.1, 0.15) is 27.2 Å². The summed E-state index contributed by atoms with van der Waals surface area (Å²) in [7, 11) is 0. The number of hydrogen-bond donors (Lipinski definition) is 0. The molecule has 1 aromatic carbocycles. The minimum absolute atomic E-state index is 0.0860. The van der Waals surface area contributed by atoms with Gasteiger partial charge in [0.2, 0.25) is 5.91 Å². The average Bonchev–Trinajstić information content (AvgIpc) is 2.89. The molecule has 1 aromatic rings. The summed E-state index contributed by atoms with van der Waals surface area (Å²) in [5.74, 6) is -1.03. The van der Waals surface area contributed by atoms with Gasteiger partial charge in [0.1, 0.15) is 11.4 Å². The van der Waals surface area contributed by atoms with E-state index in [1.165, 1.54) is 24.3 Å². The summed E-state index contributed by atoms with van der Waals surface area (Å²) in [6.07, 6.45) is -0.285. The van der Waals surface area contributed by atoms with Gasteiger partial charge in [-0.25, -0.2) is 14.1 Å². The molecular weight excluding hydrogens is 353 g/mol. The van der Waals surface area contributed by atoms with Gasteiger partial charge in [-0.2, -0.15) is 0 Å². The van der Waals surface area contributed by atoms with Gasteiger partial charge in [-0.05, 0) is 45.0 Å². The minimum Gasteiger partial charge on any atom is -0.444 e. The van der Waals surface area contributed by atoms with Crippen LogP contribution in [0.5, 0.6) is 0 Å². The SMILES string of the molecule is CC(C)(C)OC(=O)N1CCN(C2CC(=O)N(c3ccc(F)cc3)C2=O)CC1. The summed E-state index contributed by atoms with van der Waals surface area (Å²) in [4.78, 5) is 41.9. The second-order valence-electron chi connectivity index (χ2n) is 7.77. The molecule has 0 aliphatic carbocycles. The van der Waals surface area contributed by atoms with Crippen LogP contribution in [0.25, 0.3) is 0 Å². The van der Waals surface area contributed by atoms with Gasteiger partial charge >= 0.3 is 6.09 Å². The maximum atomic E-state index is 13.1. The first-order chi connectivity index (χ1) is 12.7. The number of imide groups is 1. The lowest BCUT2D eigenvalue weighted by molar-refractivity contribution is -0.123. The van der Waals surface area contributed by atoms with Crippen LogP contribution in [0, 0.1) is 5.82 Å². The van der Waals surface area contributed by atoms with Crippen LogP contribution in [0.3, 0.4) is 0 Å². The Hall–Kier alpha value is -2.48. The molecule has 0 spiro atoms. The molecule has 2 aliphatic rings. The number of hydrogen-bond acceptors (Lipinski definition) is 5. The number of nitrogens with zero attached hydrogens (tertiary/aromatic N) is 3. The molecular formula is C19H24FN3O4. The number of piperazine rings is 1. The number of amides is 3. The molecule has 27 heavy (non-hydrogen) atoms. The van der Waals surface area contributed by atoms with E-state index >= 15 is 0 Å². The quantitative estimate of drug-likeness (QED) is 0.738. The predicted molar refractivity (Wildman–Crippen MR) is 96.7 cm³/mol. The fourth-order valence-corrected chi connectivity index (χ4v) is 3.31. The van der Waals surface area contributed by atoms with Crippen molar-refractivity contribution in [1.29, 1.82) is 0 Å². The van der Waals surface area contributed by atoms with Crippen molar-refractivity contribution in [2.45, 2.75) is 38.8 Å². The van der Waals surface area contributed by atoms with Gasteiger partial charge in [0, 0.05) is 26.2 Å². The largest absolute Gasteiger partial charge is 0.444 e. The van der Waals surface area contributed by atoms with Crippen LogP contribution in [-0.4, -0.2) is 65.5 Å². The fourth-order valence-electron chi connectivity index (χ4n) is 3.31. The molecule has 2 saturated heterocycles. The summed E-state index contributed by atoms with van der Waals surface area (Å²) >= 11 is 0. The first-order valence-corrected chi connectivity index (χ1v) is 9.00. The van der Waals surface area contributed by atoms with Crippen molar-refractivity contribution >= 4 is 23.6 Å². The van der Waals surface area contributed by atoms with Gasteiger partial charge in [0.25, 0.3) is 5.91 Å². The Morgan fingerprint density at radius 3 is 2.22 bits per heavy atom. The third-order valence-electron chi connectivity index (χ3n) is 4.61. The zero-order valence-corrected chi connectivity index (χ0v) is 15.8. The smallest absolute Gasteiger partial charge is 0.410 e. The summed E-state index contributed by atoms with van der Waals surface area (Å²) in [6, 6.07) is 4.75. The molecule has 0 radical (unpaired) electrons. The molecule has 1 atom stereocenters. The van der Waals surface area contributed by atoms with Crippen LogP contribution in [0.2, 0.25) is 0 Å². The highest BCUT2D eigenvalue weighted by Gasteiger charge is 2.43. The molecule has 0 aromatic heterocycles. The summed E-state index contributed by atoms with van der Waals surface area (Å²) in [5, 5.41) is 0. The molecule has 3 amide bonds. The zero-order chi connectivity index (χ0) is 19.8. The second kappa shape index (κ2) is 7.26. The zero-order valence-electron chi connectivity index (χ0n) is 15.8. The number of ether oxygens (including phenoxy) is 1. The Labute approximate surface area is 157 Å². The first kappa shape index (κ1) is 19.3. The fraction of sp³-hybridized carbons (Fsp3) is 0.526. The van der Waals surface area contributed by atoms with Crippen molar-refractivity contribution in [1.82, 2.24) is 9.80 Å². The first-order valence-electron chi connectivity index (χ1n) is 9.00. The van der Waals surface area contributed by atoms with Gasteiger partial charge in [0.05, 0.1) is 18.2 Å². The molecule has 2 heterocycles. The van der Waals surface area contributed by atoms with Gasteiger partial charge in [-0.15, -0.1) is 0 Å². The Morgan fingerprint density at radius 1 is 1.07 bits per heavy atom. The average molecular weight is 377 g/mol. The lowest BCUT2D eigenvalue weighted by atomic mass is 10.1. The van der Waals surface area contributed by atoms with Crippen molar-refractivity contribution in [2.75, 3.05) is 31.1 Å². The van der Waals surface area contributed by atoms with E-state index in [1.807, 2.05) is 25.7 Å². The Kier molecular flexibility index (Phi) is 5.19. The van der Waals surface area contributed by atoms with E-state index < -0.39 is 17.5 Å². The number of halogens is 1. The number of benzene rings is 1. The van der Waals surface area contributed by atoms with E-state index in [9.17, 15) is 18.8 Å². The van der Waals surface area contributed by atoms with Crippen LogP contribution < -0.4 is 4.90 Å². The summed E-state index contributed by atoms with van der Waals surface area (Å²) in [6.45, 7) is 7.28. The number of carbonyl (C=O) groups excluding carboxylic acids is 3. The monoisotopic (exact) mass is 377 g/mol.